The molecule has 1 aliphatic heterocycles. The van der Waals surface area contributed by atoms with Gasteiger partial charge in [-0.25, -0.2) is 4.79 Å². The Kier molecular flexibility index (Phi) is 5.78. The molecule has 3 rings (SSSR count). The van der Waals surface area contributed by atoms with Gasteiger partial charge in [-0.2, -0.15) is 0 Å². The monoisotopic (exact) mass is 471 g/mol. The molecule has 0 bridgehead atoms. The van der Waals surface area contributed by atoms with E-state index < -0.39 is 23.4 Å². The van der Waals surface area contributed by atoms with Crippen molar-refractivity contribution < 1.29 is 14.4 Å². The lowest BCUT2D eigenvalue weighted by Crippen LogP contribution is -2.42. The molecule has 30 heavy (non-hydrogen) atoms. The first-order chi connectivity index (χ1) is 13.9. The first kappa shape index (κ1) is 22.0. The molecule has 1 heterocycles. The summed E-state index contributed by atoms with van der Waals surface area (Å²) in [6, 6.07) is 12.5. The van der Waals surface area contributed by atoms with Crippen molar-refractivity contribution in [1.82, 2.24) is 10.2 Å². The number of rotatable bonds is 4. The van der Waals surface area contributed by atoms with Crippen LogP contribution in [-0.4, -0.2) is 29.3 Å². The second kappa shape index (κ2) is 7.87. The van der Waals surface area contributed by atoms with Gasteiger partial charge < -0.3 is 10.6 Å². The van der Waals surface area contributed by atoms with Gasteiger partial charge in [0.25, 0.3) is 5.91 Å². The summed E-state index contributed by atoms with van der Waals surface area (Å²) >= 11 is 3.42. The molecule has 1 aliphatic rings. The van der Waals surface area contributed by atoms with Crippen LogP contribution in [0, 0.1) is 6.92 Å². The van der Waals surface area contributed by atoms with Crippen LogP contribution in [0.25, 0.3) is 0 Å². The number of imide groups is 1. The molecule has 6 nitrogen and oxygen atoms in total. The Hall–Kier alpha value is -2.67. The van der Waals surface area contributed by atoms with Crippen molar-refractivity contribution in [3.8, 4) is 0 Å². The van der Waals surface area contributed by atoms with E-state index in [9.17, 15) is 14.4 Å². The van der Waals surface area contributed by atoms with Crippen molar-refractivity contribution in [2.24, 2.45) is 0 Å². The Bertz CT molecular complexity index is 1010. The Morgan fingerprint density at radius 1 is 1.13 bits per heavy atom. The molecule has 1 atom stereocenters. The van der Waals surface area contributed by atoms with Crippen LogP contribution in [0.15, 0.2) is 46.9 Å². The summed E-state index contributed by atoms with van der Waals surface area (Å²) < 4.78 is 0.863. The zero-order valence-corrected chi connectivity index (χ0v) is 19.4. The van der Waals surface area contributed by atoms with Crippen LogP contribution in [0.3, 0.4) is 0 Å². The van der Waals surface area contributed by atoms with E-state index >= 15 is 0 Å². The molecule has 0 aliphatic carbocycles. The molecule has 4 amide bonds. The largest absolute Gasteiger partial charge is 0.325 e. The molecule has 0 saturated carbocycles. The summed E-state index contributed by atoms with van der Waals surface area (Å²) in [5, 5.41) is 5.47. The second-order valence-electron chi connectivity index (χ2n) is 8.79. The lowest BCUT2D eigenvalue weighted by Gasteiger charge is -2.24. The zero-order chi connectivity index (χ0) is 22.3. The molecule has 1 saturated heterocycles. The molecule has 2 aromatic rings. The van der Waals surface area contributed by atoms with Gasteiger partial charge in [-0.1, -0.05) is 67.0 Å². The molecular formula is C23H26BrN3O3. The predicted molar refractivity (Wildman–Crippen MR) is 120 cm³/mol. The molecule has 7 heteroatoms. The van der Waals surface area contributed by atoms with E-state index in [1.807, 2.05) is 37.3 Å². The SMILES string of the molecule is Cc1ccc(NC(=O)CN2C(=O)NC(C)(c3ccc(C(C)(C)C)cc3)C2=O)cc1Br. The number of urea groups is 1. The van der Waals surface area contributed by atoms with Crippen LogP contribution in [0.4, 0.5) is 10.5 Å². The van der Waals surface area contributed by atoms with Gasteiger partial charge in [0.2, 0.25) is 5.91 Å². The van der Waals surface area contributed by atoms with Gasteiger partial charge in [-0.05, 0) is 48.1 Å². The summed E-state index contributed by atoms with van der Waals surface area (Å²) in [4.78, 5) is 39.0. The van der Waals surface area contributed by atoms with Crippen LogP contribution in [-0.2, 0) is 20.5 Å². The summed E-state index contributed by atoms with van der Waals surface area (Å²) in [6.07, 6.45) is 0. The summed E-state index contributed by atoms with van der Waals surface area (Å²) in [7, 11) is 0. The van der Waals surface area contributed by atoms with Gasteiger partial charge in [-0.3, -0.25) is 14.5 Å². The minimum atomic E-state index is -1.21. The number of nitrogens with one attached hydrogen (secondary N) is 2. The Morgan fingerprint density at radius 3 is 2.33 bits per heavy atom. The molecule has 2 aromatic carbocycles. The highest BCUT2D eigenvalue weighted by molar-refractivity contribution is 9.10. The lowest BCUT2D eigenvalue weighted by molar-refractivity contribution is -0.133. The Labute approximate surface area is 185 Å². The number of carbonyl (C=O) groups excluding carboxylic acids is 3. The third-order valence-corrected chi connectivity index (χ3v) is 6.21. The normalized spacial score (nSPS) is 19.1. The highest BCUT2D eigenvalue weighted by atomic mass is 79.9. The van der Waals surface area contributed by atoms with Gasteiger partial charge in [0.1, 0.15) is 12.1 Å². The number of hydrogen-bond donors (Lipinski definition) is 2. The highest BCUT2D eigenvalue weighted by Crippen LogP contribution is 2.31. The van der Waals surface area contributed by atoms with Gasteiger partial charge in [0, 0.05) is 10.2 Å². The van der Waals surface area contributed by atoms with E-state index in [-0.39, 0.29) is 12.0 Å². The van der Waals surface area contributed by atoms with Gasteiger partial charge in [0.05, 0.1) is 0 Å². The van der Waals surface area contributed by atoms with Crippen LogP contribution in [0.1, 0.15) is 44.4 Å². The van der Waals surface area contributed by atoms with Crippen LogP contribution < -0.4 is 10.6 Å². The lowest BCUT2D eigenvalue weighted by atomic mass is 9.84. The van der Waals surface area contributed by atoms with E-state index in [1.54, 1.807) is 19.1 Å². The topological polar surface area (TPSA) is 78.5 Å². The van der Waals surface area contributed by atoms with Crippen molar-refractivity contribution in [2.75, 3.05) is 11.9 Å². The number of nitrogens with zero attached hydrogens (tertiary/aromatic N) is 1. The van der Waals surface area contributed by atoms with Gasteiger partial charge >= 0.3 is 6.03 Å². The molecule has 0 spiro atoms. The molecule has 0 aromatic heterocycles. The maximum atomic E-state index is 13.1. The minimum Gasteiger partial charge on any atom is -0.324 e. The quantitative estimate of drug-likeness (QED) is 0.645. The summed E-state index contributed by atoms with van der Waals surface area (Å²) in [5.41, 5.74) is 2.21. The van der Waals surface area contributed by atoms with E-state index in [4.69, 9.17) is 0 Å². The number of anilines is 1. The second-order valence-corrected chi connectivity index (χ2v) is 9.64. The zero-order valence-electron chi connectivity index (χ0n) is 17.8. The average molecular weight is 472 g/mol. The fourth-order valence-electron chi connectivity index (χ4n) is 3.35. The third kappa shape index (κ3) is 4.26. The summed E-state index contributed by atoms with van der Waals surface area (Å²) in [6.45, 7) is 9.58. The van der Waals surface area contributed by atoms with Crippen molar-refractivity contribution in [1.29, 1.82) is 0 Å². The molecule has 0 radical (unpaired) electrons. The maximum Gasteiger partial charge on any atom is 0.325 e. The first-order valence-corrected chi connectivity index (χ1v) is 10.5. The standard InChI is InChI=1S/C23H26BrN3O3/c1-14-6-11-17(12-18(14)24)25-19(28)13-27-20(29)23(5,26-21(27)30)16-9-7-15(8-10-16)22(2,3)4/h6-12H,13H2,1-5H3,(H,25,28)(H,26,30). The smallest absolute Gasteiger partial charge is 0.324 e. The van der Waals surface area contributed by atoms with E-state index in [1.165, 1.54) is 0 Å². The number of aryl methyl sites for hydroxylation is 1. The molecule has 158 valence electrons. The van der Waals surface area contributed by atoms with Crippen LogP contribution >= 0.6 is 15.9 Å². The number of halogens is 1. The predicted octanol–water partition coefficient (Wildman–Crippen LogP) is 4.46. The number of hydrogen-bond acceptors (Lipinski definition) is 3. The molecular weight excluding hydrogens is 446 g/mol. The van der Waals surface area contributed by atoms with Gasteiger partial charge in [0.15, 0.2) is 0 Å². The summed E-state index contributed by atoms with van der Waals surface area (Å²) in [5.74, 6) is -0.891. The van der Waals surface area contributed by atoms with E-state index in [0.717, 1.165) is 20.5 Å². The molecule has 1 fully saturated rings. The van der Waals surface area contributed by atoms with E-state index in [2.05, 4.69) is 47.3 Å². The number of amides is 4. The highest BCUT2D eigenvalue weighted by Gasteiger charge is 2.49. The Balaban J connectivity index is 1.75. The fraction of sp³-hybridized carbons (Fsp3) is 0.348. The van der Waals surface area contributed by atoms with Crippen LogP contribution in [0.2, 0.25) is 0 Å². The number of carbonyl (C=O) groups is 3. The number of benzene rings is 2. The maximum absolute atomic E-state index is 13.1. The third-order valence-electron chi connectivity index (χ3n) is 5.36. The first-order valence-electron chi connectivity index (χ1n) is 9.73. The average Bonchev–Trinajstić information content (AvgIpc) is 2.88. The van der Waals surface area contributed by atoms with Crippen molar-refractivity contribution in [3.63, 3.8) is 0 Å². The molecule has 1 unspecified atom stereocenters. The van der Waals surface area contributed by atoms with Crippen molar-refractivity contribution >= 4 is 39.5 Å². The van der Waals surface area contributed by atoms with Crippen molar-refractivity contribution in [3.05, 3.63) is 63.6 Å². The fourth-order valence-corrected chi connectivity index (χ4v) is 3.73. The minimum absolute atomic E-state index is 0.0164. The van der Waals surface area contributed by atoms with Crippen LogP contribution in [0.5, 0.6) is 0 Å². The molecule has 2 N–H and O–H groups in total. The van der Waals surface area contributed by atoms with Crippen molar-refractivity contribution in [2.45, 2.75) is 45.6 Å². The van der Waals surface area contributed by atoms with Gasteiger partial charge in [-0.15, -0.1) is 0 Å². The van der Waals surface area contributed by atoms with E-state index in [0.29, 0.717) is 11.3 Å². The Morgan fingerprint density at radius 2 is 1.77 bits per heavy atom.